The van der Waals surface area contributed by atoms with Gasteiger partial charge < -0.3 is 15.4 Å². The molecule has 0 radical (unpaired) electrons. The molecule has 1 fully saturated rings. The summed E-state index contributed by atoms with van der Waals surface area (Å²) in [6.45, 7) is -2.95. The van der Waals surface area contributed by atoms with Crippen LogP contribution in [0.15, 0.2) is 18.3 Å². The molecule has 2 rings (SSSR count). The molecular weight excluding hydrogens is 318 g/mol. The minimum absolute atomic E-state index is 0.0388. The van der Waals surface area contributed by atoms with Crippen molar-refractivity contribution in [2.45, 2.75) is 50.8 Å². The maximum atomic E-state index is 13.3. The Kier molecular flexibility index (Phi) is 5.62. The van der Waals surface area contributed by atoms with Crippen LogP contribution in [0.2, 0.25) is 0 Å². The number of aromatic nitrogens is 1. The number of hydrogen-bond donors (Lipinski definition) is 2. The second kappa shape index (κ2) is 7.47. The van der Waals surface area contributed by atoms with Crippen molar-refractivity contribution in [2.75, 3.05) is 0 Å². The topological polar surface area (TPSA) is 63.2 Å². The van der Waals surface area contributed by atoms with Gasteiger partial charge in [0.05, 0.1) is 0 Å². The molecule has 1 saturated carbocycles. The summed E-state index contributed by atoms with van der Waals surface area (Å²) in [5.74, 6) is -3.00. The highest BCUT2D eigenvalue weighted by Gasteiger charge is 2.36. The maximum Gasteiger partial charge on any atom is 0.388 e. The predicted octanol–water partition coefficient (Wildman–Crippen LogP) is 3.06. The summed E-state index contributed by atoms with van der Waals surface area (Å²) in [6.07, 6.45) is 1.61. The molecule has 0 saturated heterocycles. The molecule has 0 unspecified atom stereocenters. The van der Waals surface area contributed by atoms with Crippen LogP contribution in [0.25, 0.3) is 0 Å². The lowest BCUT2D eigenvalue weighted by Crippen LogP contribution is -2.46. The van der Waals surface area contributed by atoms with Crippen LogP contribution in [0.1, 0.15) is 31.2 Å². The van der Waals surface area contributed by atoms with Crippen molar-refractivity contribution >= 4 is 6.03 Å². The first-order valence-electron chi connectivity index (χ1n) is 7.16. The van der Waals surface area contributed by atoms with Gasteiger partial charge in [-0.25, -0.2) is 18.6 Å². The fraction of sp³-hybridized carbons (Fsp3) is 0.571. The van der Waals surface area contributed by atoms with Crippen molar-refractivity contribution < 1.29 is 27.1 Å². The second-order valence-corrected chi connectivity index (χ2v) is 5.36. The summed E-state index contributed by atoms with van der Waals surface area (Å²) in [5, 5.41) is 4.98. The van der Waals surface area contributed by atoms with Crippen molar-refractivity contribution in [3.8, 4) is 5.88 Å². The van der Waals surface area contributed by atoms with Gasteiger partial charge in [-0.3, -0.25) is 0 Å². The molecule has 1 aromatic heterocycles. The van der Waals surface area contributed by atoms with Crippen LogP contribution in [-0.2, 0) is 6.54 Å². The van der Waals surface area contributed by atoms with E-state index in [1.807, 2.05) is 0 Å². The Morgan fingerprint density at radius 3 is 2.96 bits per heavy atom. The first-order valence-corrected chi connectivity index (χ1v) is 7.16. The van der Waals surface area contributed by atoms with Gasteiger partial charge in [-0.2, -0.15) is 8.78 Å². The van der Waals surface area contributed by atoms with Crippen molar-refractivity contribution in [2.24, 2.45) is 0 Å². The number of amides is 2. The number of carbonyl (C=O) groups excluding carboxylic acids is 1. The van der Waals surface area contributed by atoms with E-state index in [0.717, 1.165) is 0 Å². The molecular formula is C14H17F4N3O2. The summed E-state index contributed by atoms with van der Waals surface area (Å²) in [6, 6.07) is 1.63. The molecule has 0 bridgehead atoms. The van der Waals surface area contributed by atoms with Gasteiger partial charge in [-0.15, -0.1) is 0 Å². The van der Waals surface area contributed by atoms with E-state index in [2.05, 4.69) is 20.4 Å². The number of nitrogens with one attached hydrogen (secondary N) is 2. The average molecular weight is 335 g/mol. The van der Waals surface area contributed by atoms with Crippen LogP contribution >= 0.6 is 0 Å². The molecule has 1 aliphatic carbocycles. The average Bonchev–Trinajstić information content (AvgIpc) is 2.44. The van der Waals surface area contributed by atoms with Gasteiger partial charge in [0.25, 0.3) is 0 Å². The highest BCUT2D eigenvalue weighted by atomic mass is 19.3. The summed E-state index contributed by atoms with van der Waals surface area (Å²) >= 11 is 0. The van der Waals surface area contributed by atoms with Crippen LogP contribution in [0.5, 0.6) is 5.88 Å². The number of alkyl halides is 4. The molecule has 1 heterocycles. The Morgan fingerprint density at radius 2 is 2.26 bits per heavy atom. The highest BCUT2D eigenvalue weighted by molar-refractivity contribution is 5.74. The molecule has 1 aliphatic rings. The number of nitrogens with zero attached hydrogens (tertiary/aromatic N) is 1. The monoisotopic (exact) mass is 335 g/mol. The predicted molar refractivity (Wildman–Crippen MR) is 73.4 cm³/mol. The zero-order chi connectivity index (χ0) is 16.9. The van der Waals surface area contributed by atoms with Crippen molar-refractivity contribution in [3.05, 3.63) is 23.9 Å². The molecule has 0 spiro atoms. The molecule has 128 valence electrons. The van der Waals surface area contributed by atoms with Crippen LogP contribution in [0, 0.1) is 0 Å². The molecule has 1 atom stereocenters. The summed E-state index contributed by atoms with van der Waals surface area (Å²) in [4.78, 5) is 15.3. The zero-order valence-electron chi connectivity index (χ0n) is 12.2. The van der Waals surface area contributed by atoms with Gasteiger partial charge in [-0.05, 0) is 24.5 Å². The van der Waals surface area contributed by atoms with Crippen molar-refractivity contribution in [1.82, 2.24) is 15.6 Å². The summed E-state index contributed by atoms with van der Waals surface area (Å²) in [7, 11) is 0. The molecule has 1 aromatic rings. The van der Waals surface area contributed by atoms with Gasteiger partial charge in [0, 0.05) is 37.7 Å². The van der Waals surface area contributed by atoms with Gasteiger partial charge in [0.2, 0.25) is 11.8 Å². The van der Waals surface area contributed by atoms with E-state index in [4.69, 9.17) is 0 Å². The van der Waals surface area contributed by atoms with Crippen LogP contribution in [0.3, 0.4) is 0 Å². The van der Waals surface area contributed by atoms with E-state index in [1.54, 1.807) is 0 Å². The summed E-state index contributed by atoms with van der Waals surface area (Å²) < 4.78 is 54.8. The fourth-order valence-corrected chi connectivity index (χ4v) is 2.43. The number of urea groups is 1. The molecule has 9 heteroatoms. The normalized spacial score (nSPS) is 20.1. The third-order valence-corrected chi connectivity index (χ3v) is 3.44. The maximum absolute atomic E-state index is 13.3. The lowest BCUT2D eigenvalue weighted by Gasteiger charge is -2.29. The van der Waals surface area contributed by atoms with E-state index < -0.39 is 24.6 Å². The third-order valence-electron chi connectivity index (χ3n) is 3.44. The lowest BCUT2D eigenvalue weighted by molar-refractivity contribution is -0.0529. The summed E-state index contributed by atoms with van der Waals surface area (Å²) in [5.41, 5.74) is 0.500. The van der Waals surface area contributed by atoms with Crippen LogP contribution in [-0.4, -0.2) is 29.6 Å². The number of ether oxygens (including phenoxy) is 1. The molecule has 2 N–H and O–H groups in total. The standard InChI is InChI=1S/C14H17F4N3O2/c15-12(16)23-11-6-9(3-5-19-11)8-20-13(22)21-10-2-1-4-14(17,18)7-10/h3,5-6,10,12H,1-2,4,7-8H2,(H2,20,21,22)/t10-/m1/s1. The Morgan fingerprint density at radius 1 is 1.48 bits per heavy atom. The van der Waals surface area contributed by atoms with E-state index in [9.17, 15) is 22.4 Å². The zero-order valence-corrected chi connectivity index (χ0v) is 12.2. The fourth-order valence-electron chi connectivity index (χ4n) is 2.43. The SMILES string of the molecule is O=C(NCc1ccnc(OC(F)F)c1)N[C@@H]1CCCC(F)(F)C1. The number of rotatable bonds is 5. The first-order chi connectivity index (χ1) is 10.8. The molecule has 5 nitrogen and oxygen atoms in total. The van der Waals surface area contributed by atoms with Gasteiger partial charge >= 0.3 is 12.6 Å². The molecule has 23 heavy (non-hydrogen) atoms. The minimum atomic E-state index is -2.98. The number of hydrogen-bond acceptors (Lipinski definition) is 3. The Hall–Kier alpha value is -2.06. The van der Waals surface area contributed by atoms with E-state index >= 15 is 0 Å². The van der Waals surface area contributed by atoms with E-state index in [1.165, 1.54) is 18.3 Å². The minimum Gasteiger partial charge on any atom is -0.417 e. The second-order valence-electron chi connectivity index (χ2n) is 5.36. The number of pyridine rings is 1. The van der Waals surface area contributed by atoms with Crippen molar-refractivity contribution in [3.63, 3.8) is 0 Å². The van der Waals surface area contributed by atoms with Crippen LogP contribution < -0.4 is 15.4 Å². The Bertz CT molecular complexity index is 543. The molecule has 0 aliphatic heterocycles. The highest BCUT2D eigenvalue weighted by Crippen LogP contribution is 2.32. The van der Waals surface area contributed by atoms with Gasteiger partial charge in [-0.1, -0.05) is 0 Å². The number of carbonyl (C=O) groups is 1. The van der Waals surface area contributed by atoms with E-state index in [0.29, 0.717) is 18.4 Å². The van der Waals surface area contributed by atoms with Crippen LogP contribution in [0.4, 0.5) is 22.4 Å². The lowest BCUT2D eigenvalue weighted by atomic mass is 9.92. The third kappa shape index (κ3) is 5.91. The molecule has 2 amide bonds. The Labute approximate surface area is 130 Å². The Balaban J connectivity index is 1.80. The first kappa shape index (κ1) is 17.3. The van der Waals surface area contributed by atoms with E-state index in [-0.39, 0.29) is 25.3 Å². The van der Waals surface area contributed by atoms with Gasteiger partial charge in [0.1, 0.15) is 0 Å². The molecule has 0 aromatic carbocycles. The van der Waals surface area contributed by atoms with Crippen molar-refractivity contribution in [1.29, 1.82) is 0 Å². The van der Waals surface area contributed by atoms with Gasteiger partial charge in [0.15, 0.2) is 0 Å². The quantitative estimate of drug-likeness (QED) is 0.813. The smallest absolute Gasteiger partial charge is 0.388 e. The largest absolute Gasteiger partial charge is 0.417 e. The number of halogens is 4.